The molecule has 0 saturated carbocycles. The molecule has 10 heteroatoms. The van der Waals surface area contributed by atoms with E-state index in [0.29, 0.717) is 0 Å². The molecule has 1 heterocycles. The van der Waals surface area contributed by atoms with Crippen molar-refractivity contribution in [1.29, 1.82) is 0 Å². The number of hydrogen-bond donors (Lipinski definition) is 2. The summed E-state index contributed by atoms with van der Waals surface area (Å²) in [4.78, 5) is 29.0. The zero-order chi connectivity index (χ0) is 20.5. The van der Waals surface area contributed by atoms with Crippen molar-refractivity contribution < 1.29 is 32.2 Å². The summed E-state index contributed by atoms with van der Waals surface area (Å²) in [5.41, 5.74) is -1.34. The number of benzene rings is 2. The first-order chi connectivity index (χ1) is 13.1. The van der Waals surface area contributed by atoms with E-state index >= 15 is 0 Å². The van der Waals surface area contributed by atoms with Crippen LogP contribution in [0, 0.1) is 5.82 Å². The molecule has 3 aromatic rings. The highest BCUT2D eigenvalue weighted by Crippen LogP contribution is 2.35. The maximum atomic E-state index is 13.6. The second-order valence-corrected chi connectivity index (χ2v) is 5.54. The van der Waals surface area contributed by atoms with Crippen LogP contribution in [0.3, 0.4) is 0 Å². The number of aromatic carboxylic acids is 1. The van der Waals surface area contributed by atoms with Crippen LogP contribution in [0.1, 0.15) is 10.5 Å². The van der Waals surface area contributed by atoms with E-state index < -0.39 is 35.2 Å². The minimum absolute atomic E-state index is 0.109. The molecule has 6 nitrogen and oxygen atoms in total. The highest BCUT2D eigenvalue weighted by molar-refractivity contribution is 5.85. The van der Waals surface area contributed by atoms with Gasteiger partial charge < -0.3 is 14.8 Å². The smallest absolute Gasteiger partial charge is 0.476 e. The molecule has 0 bridgehead atoms. The van der Waals surface area contributed by atoms with Crippen molar-refractivity contribution in [3.8, 4) is 28.1 Å². The molecule has 1 aromatic heterocycles. The molecule has 3 rings (SSSR count). The molecule has 2 aromatic carbocycles. The Morgan fingerprint density at radius 2 is 1.82 bits per heavy atom. The Hall–Kier alpha value is -3.69. The Labute approximate surface area is 154 Å². The molecule has 28 heavy (non-hydrogen) atoms. The van der Waals surface area contributed by atoms with E-state index in [4.69, 9.17) is 5.11 Å². The molecule has 0 fully saturated rings. The van der Waals surface area contributed by atoms with Gasteiger partial charge in [-0.3, -0.25) is 4.79 Å². The molecular formula is C18H10F4N2O4. The zero-order valence-corrected chi connectivity index (χ0v) is 13.7. The van der Waals surface area contributed by atoms with Crippen LogP contribution in [0.2, 0.25) is 0 Å². The van der Waals surface area contributed by atoms with Gasteiger partial charge in [-0.15, -0.1) is 13.2 Å². The van der Waals surface area contributed by atoms with Gasteiger partial charge in [0.05, 0.1) is 0 Å². The molecule has 0 amide bonds. The summed E-state index contributed by atoms with van der Waals surface area (Å²) in [6.07, 6.45) is -4.07. The third kappa shape index (κ3) is 4.17. The van der Waals surface area contributed by atoms with Gasteiger partial charge in [-0.2, -0.15) is 0 Å². The first-order valence-electron chi connectivity index (χ1n) is 7.63. The van der Waals surface area contributed by atoms with Gasteiger partial charge in [-0.25, -0.2) is 14.2 Å². The van der Waals surface area contributed by atoms with Gasteiger partial charge in [0.1, 0.15) is 17.3 Å². The van der Waals surface area contributed by atoms with E-state index in [0.717, 1.165) is 24.4 Å². The molecule has 0 aliphatic rings. The Kier molecular flexibility index (Phi) is 4.87. The van der Waals surface area contributed by atoms with Crippen LogP contribution in [0.5, 0.6) is 5.75 Å². The van der Waals surface area contributed by atoms with Gasteiger partial charge in [0, 0.05) is 17.3 Å². The van der Waals surface area contributed by atoms with Gasteiger partial charge in [-0.1, -0.05) is 18.2 Å². The molecule has 144 valence electrons. The van der Waals surface area contributed by atoms with Gasteiger partial charge in [-0.05, 0) is 29.8 Å². The molecule has 0 radical (unpaired) electrons. The summed E-state index contributed by atoms with van der Waals surface area (Å²) in [6.45, 7) is 0. The number of H-pyrrole nitrogens is 1. The van der Waals surface area contributed by atoms with Crippen LogP contribution in [0.4, 0.5) is 17.6 Å². The van der Waals surface area contributed by atoms with Crippen molar-refractivity contribution >= 4 is 5.97 Å². The predicted octanol–water partition coefficient (Wildman–Crippen LogP) is 3.84. The third-order valence-corrected chi connectivity index (χ3v) is 3.62. The van der Waals surface area contributed by atoms with Gasteiger partial charge in [0.15, 0.2) is 5.69 Å². The van der Waals surface area contributed by atoms with Crippen LogP contribution in [0.25, 0.3) is 22.4 Å². The van der Waals surface area contributed by atoms with Crippen molar-refractivity contribution in [3.05, 3.63) is 70.5 Å². The largest absolute Gasteiger partial charge is 0.573 e. The quantitative estimate of drug-likeness (QED) is 0.656. The molecule has 0 saturated heterocycles. The second-order valence-electron chi connectivity index (χ2n) is 5.54. The number of ether oxygens (including phenoxy) is 1. The summed E-state index contributed by atoms with van der Waals surface area (Å²) >= 11 is 0. The number of carbonyl (C=O) groups is 1. The SMILES string of the molecule is O=C(O)c1c[nH]c(=O)c(-c2cccc(-c3cc(F)ccc3OC(F)(F)F)c2)n1. The van der Waals surface area contributed by atoms with Crippen LogP contribution < -0.4 is 10.3 Å². The van der Waals surface area contributed by atoms with Gasteiger partial charge in [0.25, 0.3) is 5.56 Å². The minimum atomic E-state index is -4.99. The van der Waals surface area contributed by atoms with Crippen LogP contribution in [0.15, 0.2) is 53.5 Å². The fourth-order valence-corrected chi connectivity index (χ4v) is 2.49. The number of nitrogens with one attached hydrogen (secondary N) is 1. The van der Waals surface area contributed by atoms with Crippen LogP contribution >= 0.6 is 0 Å². The number of carboxylic acids is 1. The summed E-state index contributed by atoms with van der Waals surface area (Å²) in [7, 11) is 0. The van der Waals surface area contributed by atoms with Crippen molar-refractivity contribution in [3.63, 3.8) is 0 Å². The number of rotatable bonds is 4. The Morgan fingerprint density at radius 1 is 1.11 bits per heavy atom. The van der Waals surface area contributed by atoms with Crippen LogP contribution in [-0.2, 0) is 0 Å². The van der Waals surface area contributed by atoms with Gasteiger partial charge in [0.2, 0.25) is 0 Å². The highest BCUT2D eigenvalue weighted by atomic mass is 19.4. The summed E-state index contributed by atoms with van der Waals surface area (Å²) in [5.74, 6) is -2.80. The highest BCUT2D eigenvalue weighted by Gasteiger charge is 2.32. The Balaban J connectivity index is 2.13. The lowest BCUT2D eigenvalue weighted by Gasteiger charge is -2.14. The number of halogens is 4. The number of carboxylic acid groups (broad SMARTS) is 1. The monoisotopic (exact) mass is 394 g/mol. The second kappa shape index (κ2) is 7.14. The Bertz CT molecular complexity index is 1110. The average Bonchev–Trinajstić information content (AvgIpc) is 2.62. The molecule has 0 atom stereocenters. The van der Waals surface area contributed by atoms with Gasteiger partial charge >= 0.3 is 12.3 Å². The maximum Gasteiger partial charge on any atom is 0.573 e. The molecule has 2 N–H and O–H groups in total. The number of alkyl halides is 3. The third-order valence-electron chi connectivity index (χ3n) is 3.62. The molecule has 0 aliphatic carbocycles. The minimum Gasteiger partial charge on any atom is -0.476 e. The zero-order valence-electron chi connectivity index (χ0n) is 13.7. The summed E-state index contributed by atoms with van der Waals surface area (Å²) in [6, 6.07) is 7.99. The number of hydrogen-bond acceptors (Lipinski definition) is 4. The topological polar surface area (TPSA) is 92.3 Å². The number of aromatic amines is 1. The number of aromatic nitrogens is 2. The normalized spacial score (nSPS) is 11.3. The summed E-state index contributed by atoms with van der Waals surface area (Å²) in [5, 5.41) is 9.01. The van der Waals surface area contributed by atoms with Crippen molar-refractivity contribution in [1.82, 2.24) is 9.97 Å². The first-order valence-corrected chi connectivity index (χ1v) is 7.63. The van der Waals surface area contributed by atoms with Crippen molar-refractivity contribution in [2.45, 2.75) is 6.36 Å². The lowest BCUT2D eigenvalue weighted by molar-refractivity contribution is -0.274. The van der Waals surface area contributed by atoms with Crippen molar-refractivity contribution in [2.24, 2.45) is 0 Å². The lowest BCUT2D eigenvalue weighted by atomic mass is 10.0. The maximum absolute atomic E-state index is 13.6. The number of nitrogens with zero attached hydrogens (tertiary/aromatic N) is 1. The summed E-state index contributed by atoms with van der Waals surface area (Å²) < 4.78 is 55.4. The molecule has 0 spiro atoms. The molecule has 0 unspecified atom stereocenters. The molecule has 0 aliphatic heterocycles. The molecular weight excluding hydrogens is 384 g/mol. The van der Waals surface area contributed by atoms with E-state index in [-0.39, 0.29) is 22.4 Å². The Morgan fingerprint density at radius 3 is 2.50 bits per heavy atom. The average molecular weight is 394 g/mol. The van der Waals surface area contributed by atoms with E-state index in [1.807, 2.05) is 0 Å². The standard InChI is InChI=1S/C18H10F4N2O4/c19-11-4-5-14(28-18(20,21)22)12(7-11)9-2-1-3-10(6-9)15-16(25)23-8-13(24-15)17(26)27/h1-8H,(H,23,25)(H,26,27). The lowest BCUT2D eigenvalue weighted by Crippen LogP contribution is -2.17. The van der Waals surface area contributed by atoms with E-state index in [1.54, 1.807) is 0 Å². The van der Waals surface area contributed by atoms with Crippen molar-refractivity contribution in [2.75, 3.05) is 0 Å². The fraction of sp³-hybridized carbons (Fsp3) is 0.0556. The predicted molar refractivity (Wildman–Crippen MR) is 89.3 cm³/mol. The first kappa shape index (κ1) is 19.1. The fourth-order valence-electron chi connectivity index (χ4n) is 2.49. The van der Waals surface area contributed by atoms with E-state index in [2.05, 4.69) is 14.7 Å². The van der Waals surface area contributed by atoms with Crippen LogP contribution in [-0.4, -0.2) is 27.4 Å². The van der Waals surface area contributed by atoms with E-state index in [9.17, 15) is 27.2 Å². The van der Waals surface area contributed by atoms with E-state index in [1.165, 1.54) is 24.3 Å².